The molecule has 1 N–H and O–H groups in total. The molecule has 0 bridgehead atoms. The molecule has 3 heteroatoms. The molecule has 0 aliphatic heterocycles. The lowest BCUT2D eigenvalue weighted by molar-refractivity contribution is -0.131. The van der Waals surface area contributed by atoms with Crippen LogP contribution in [0, 0.1) is 0 Å². The molecule has 2 rings (SSSR count). The third kappa shape index (κ3) is 2.20. The van der Waals surface area contributed by atoms with E-state index in [1.54, 1.807) is 6.20 Å². The molecule has 1 aromatic heterocycles. The molecule has 0 unspecified atom stereocenters. The van der Waals surface area contributed by atoms with Crippen LogP contribution in [0.25, 0.3) is 16.8 Å². The van der Waals surface area contributed by atoms with Gasteiger partial charge in [0, 0.05) is 17.7 Å². The maximum Gasteiger partial charge on any atom is 0.328 e. The van der Waals surface area contributed by atoms with E-state index in [2.05, 4.69) is 4.98 Å². The van der Waals surface area contributed by atoms with Gasteiger partial charge in [0.25, 0.3) is 0 Å². The first-order valence-corrected chi connectivity index (χ1v) is 4.51. The summed E-state index contributed by atoms with van der Waals surface area (Å²) in [7, 11) is 0. The zero-order valence-electron chi connectivity index (χ0n) is 7.92. The van der Waals surface area contributed by atoms with Crippen molar-refractivity contribution >= 4 is 22.8 Å². The second-order valence-corrected chi connectivity index (χ2v) is 3.13. The summed E-state index contributed by atoms with van der Waals surface area (Å²) >= 11 is 0. The first-order chi connectivity index (χ1) is 7.25. The molecule has 74 valence electrons. The van der Waals surface area contributed by atoms with Crippen molar-refractivity contribution in [1.82, 2.24) is 4.98 Å². The van der Waals surface area contributed by atoms with Gasteiger partial charge in [0.05, 0.1) is 5.69 Å². The van der Waals surface area contributed by atoms with E-state index >= 15 is 0 Å². The van der Waals surface area contributed by atoms with E-state index in [4.69, 9.17) is 5.11 Å². The summed E-state index contributed by atoms with van der Waals surface area (Å²) < 4.78 is 0. The van der Waals surface area contributed by atoms with Gasteiger partial charge in [-0.15, -0.1) is 0 Å². The lowest BCUT2D eigenvalue weighted by Crippen LogP contribution is -1.87. The summed E-state index contributed by atoms with van der Waals surface area (Å²) in [6, 6.07) is 9.67. The van der Waals surface area contributed by atoms with Crippen LogP contribution in [0.3, 0.4) is 0 Å². The molecule has 0 atom stereocenters. The Labute approximate surface area is 86.7 Å². The van der Waals surface area contributed by atoms with Crippen molar-refractivity contribution in [2.75, 3.05) is 0 Å². The lowest BCUT2D eigenvalue weighted by atomic mass is 10.1. The zero-order valence-corrected chi connectivity index (χ0v) is 7.92. The monoisotopic (exact) mass is 199 g/mol. The Balaban J connectivity index is 2.43. The van der Waals surface area contributed by atoms with Crippen LogP contribution in [-0.4, -0.2) is 16.1 Å². The summed E-state index contributed by atoms with van der Waals surface area (Å²) in [6.07, 6.45) is 4.29. The molecule has 0 radical (unpaired) electrons. The fraction of sp³-hybridized carbons (Fsp3) is 0. The van der Waals surface area contributed by atoms with Crippen molar-refractivity contribution in [2.45, 2.75) is 0 Å². The number of fused-ring (bicyclic) bond motifs is 1. The summed E-state index contributed by atoms with van der Waals surface area (Å²) in [5, 5.41) is 10.6. The average molecular weight is 199 g/mol. The minimum Gasteiger partial charge on any atom is -0.478 e. The van der Waals surface area contributed by atoms with Crippen molar-refractivity contribution in [2.24, 2.45) is 0 Å². The molecule has 0 aliphatic rings. The highest BCUT2D eigenvalue weighted by atomic mass is 16.4. The molecule has 0 spiro atoms. The highest BCUT2D eigenvalue weighted by molar-refractivity contribution is 5.87. The van der Waals surface area contributed by atoms with Crippen molar-refractivity contribution < 1.29 is 9.90 Å². The number of benzene rings is 1. The van der Waals surface area contributed by atoms with Gasteiger partial charge in [-0.3, -0.25) is 4.98 Å². The van der Waals surface area contributed by atoms with Crippen LogP contribution in [0.4, 0.5) is 0 Å². The van der Waals surface area contributed by atoms with Crippen LogP contribution >= 0.6 is 0 Å². The second kappa shape index (κ2) is 3.92. The standard InChI is InChI=1S/C12H9NO2/c14-12(15)6-5-11-7-9-3-1-2-4-10(9)8-13-11/h1-8H,(H,14,15). The van der Waals surface area contributed by atoms with E-state index in [0.29, 0.717) is 5.69 Å². The first kappa shape index (κ1) is 9.40. The zero-order chi connectivity index (χ0) is 10.7. The molecule has 0 aliphatic carbocycles. The number of carbonyl (C=O) groups is 1. The molecule has 0 amide bonds. The summed E-state index contributed by atoms with van der Waals surface area (Å²) in [6.45, 7) is 0. The minimum absolute atomic E-state index is 0.649. The predicted octanol–water partition coefficient (Wildman–Crippen LogP) is 2.33. The van der Waals surface area contributed by atoms with E-state index in [-0.39, 0.29) is 0 Å². The quantitative estimate of drug-likeness (QED) is 0.755. The number of aromatic nitrogens is 1. The van der Waals surface area contributed by atoms with E-state index in [9.17, 15) is 4.79 Å². The molecular formula is C12H9NO2. The van der Waals surface area contributed by atoms with Crippen LogP contribution in [0.2, 0.25) is 0 Å². The number of carboxylic acid groups (broad SMARTS) is 1. The number of rotatable bonds is 2. The molecule has 0 saturated heterocycles. The van der Waals surface area contributed by atoms with Gasteiger partial charge >= 0.3 is 5.97 Å². The Bertz CT molecular complexity index is 532. The number of hydrogen-bond donors (Lipinski definition) is 1. The average Bonchev–Trinajstić information content (AvgIpc) is 2.26. The van der Waals surface area contributed by atoms with Gasteiger partial charge in [-0.05, 0) is 17.5 Å². The number of carboxylic acids is 1. The fourth-order valence-corrected chi connectivity index (χ4v) is 1.35. The predicted molar refractivity (Wildman–Crippen MR) is 58.4 cm³/mol. The van der Waals surface area contributed by atoms with Crippen molar-refractivity contribution in [1.29, 1.82) is 0 Å². The van der Waals surface area contributed by atoms with Gasteiger partial charge in [0.1, 0.15) is 0 Å². The molecule has 2 aromatic rings. The molecule has 1 heterocycles. The van der Waals surface area contributed by atoms with Crippen molar-refractivity contribution in [3.05, 3.63) is 48.3 Å². The maximum absolute atomic E-state index is 10.3. The van der Waals surface area contributed by atoms with E-state index in [1.807, 2.05) is 30.3 Å². The highest BCUT2D eigenvalue weighted by Crippen LogP contribution is 2.13. The van der Waals surface area contributed by atoms with Gasteiger partial charge in [-0.2, -0.15) is 0 Å². The van der Waals surface area contributed by atoms with Crippen LogP contribution < -0.4 is 0 Å². The fourth-order valence-electron chi connectivity index (χ4n) is 1.35. The molecular weight excluding hydrogens is 190 g/mol. The number of nitrogens with zero attached hydrogens (tertiary/aromatic N) is 1. The summed E-state index contributed by atoms with van der Waals surface area (Å²) in [5.74, 6) is -0.968. The third-order valence-corrected chi connectivity index (χ3v) is 2.05. The topological polar surface area (TPSA) is 50.2 Å². The molecule has 3 nitrogen and oxygen atoms in total. The number of aliphatic carboxylic acids is 1. The smallest absolute Gasteiger partial charge is 0.328 e. The van der Waals surface area contributed by atoms with Crippen LogP contribution in [0.15, 0.2) is 42.6 Å². The minimum atomic E-state index is -0.968. The normalized spacial score (nSPS) is 10.9. The van der Waals surface area contributed by atoms with Gasteiger partial charge in [-0.1, -0.05) is 24.3 Å². The van der Waals surface area contributed by atoms with E-state index in [0.717, 1.165) is 16.8 Å². The van der Waals surface area contributed by atoms with Crippen LogP contribution in [0.5, 0.6) is 0 Å². The highest BCUT2D eigenvalue weighted by Gasteiger charge is 1.94. The van der Waals surface area contributed by atoms with Crippen molar-refractivity contribution in [3.63, 3.8) is 0 Å². The van der Waals surface area contributed by atoms with E-state index < -0.39 is 5.97 Å². The Morgan fingerprint density at radius 3 is 2.73 bits per heavy atom. The number of pyridine rings is 1. The molecule has 1 aromatic carbocycles. The molecule has 0 saturated carbocycles. The molecule has 15 heavy (non-hydrogen) atoms. The largest absolute Gasteiger partial charge is 0.478 e. The van der Waals surface area contributed by atoms with Crippen LogP contribution in [-0.2, 0) is 4.79 Å². The van der Waals surface area contributed by atoms with Crippen LogP contribution in [0.1, 0.15) is 5.69 Å². The number of hydrogen-bond acceptors (Lipinski definition) is 2. The Hall–Kier alpha value is -2.16. The summed E-state index contributed by atoms with van der Waals surface area (Å²) in [4.78, 5) is 14.5. The van der Waals surface area contributed by atoms with Gasteiger partial charge in [-0.25, -0.2) is 4.79 Å². The Morgan fingerprint density at radius 1 is 1.27 bits per heavy atom. The molecule has 0 fully saturated rings. The SMILES string of the molecule is O=C(O)C=Cc1cc2ccccc2cn1. The van der Waals surface area contributed by atoms with Gasteiger partial charge in [0.2, 0.25) is 0 Å². The van der Waals surface area contributed by atoms with Gasteiger partial charge in [0.15, 0.2) is 0 Å². The second-order valence-electron chi connectivity index (χ2n) is 3.13. The lowest BCUT2D eigenvalue weighted by Gasteiger charge is -1.97. The first-order valence-electron chi connectivity index (χ1n) is 4.51. The van der Waals surface area contributed by atoms with E-state index in [1.165, 1.54) is 6.08 Å². The Morgan fingerprint density at radius 2 is 2.00 bits per heavy atom. The van der Waals surface area contributed by atoms with Gasteiger partial charge < -0.3 is 5.11 Å². The third-order valence-electron chi connectivity index (χ3n) is 2.05. The summed E-state index contributed by atoms with van der Waals surface area (Å²) in [5.41, 5.74) is 0.649. The Kier molecular flexibility index (Phi) is 2.46. The van der Waals surface area contributed by atoms with Crippen molar-refractivity contribution in [3.8, 4) is 0 Å². The maximum atomic E-state index is 10.3.